The summed E-state index contributed by atoms with van der Waals surface area (Å²) in [5.74, 6) is 0.847. The molecule has 0 fully saturated rings. The SMILES string of the molecule is Cc1cc(NC[C@H](O)c2cccc(O)c2)n2nc(-c3ccc(Cl)cc3)cc2n1. The predicted octanol–water partition coefficient (Wildman–Crippen LogP) is 4.21. The number of rotatable bonds is 5. The fraction of sp³-hybridized carbons (Fsp3) is 0.143. The highest BCUT2D eigenvalue weighted by Gasteiger charge is 2.12. The number of nitrogens with one attached hydrogen (secondary N) is 1. The molecule has 6 nitrogen and oxygen atoms in total. The number of aryl methyl sites for hydroxylation is 1. The van der Waals surface area contributed by atoms with Crippen LogP contribution >= 0.6 is 11.6 Å². The fourth-order valence-electron chi connectivity index (χ4n) is 3.04. The Morgan fingerprint density at radius 2 is 1.89 bits per heavy atom. The van der Waals surface area contributed by atoms with E-state index in [9.17, 15) is 10.2 Å². The highest BCUT2D eigenvalue weighted by molar-refractivity contribution is 6.30. The van der Waals surface area contributed by atoms with Gasteiger partial charge in [-0.3, -0.25) is 0 Å². The Kier molecular flexibility index (Phi) is 4.90. The van der Waals surface area contributed by atoms with E-state index in [1.807, 2.05) is 43.3 Å². The van der Waals surface area contributed by atoms with Gasteiger partial charge in [0.1, 0.15) is 11.6 Å². The molecule has 3 N–H and O–H groups in total. The molecule has 0 saturated carbocycles. The number of halogens is 1. The standard InChI is InChI=1S/C21H19ClN4O2/c1-13-9-20(23-12-19(28)15-3-2-4-17(27)10-15)26-21(24-13)11-18(25-26)14-5-7-16(22)8-6-14/h2-11,19,23,27-28H,12H2,1H3/t19-/m0/s1. The molecule has 28 heavy (non-hydrogen) atoms. The van der Waals surface area contributed by atoms with Crippen LogP contribution in [-0.4, -0.2) is 31.4 Å². The van der Waals surface area contributed by atoms with E-state index < -0.39 is 6.10 Å². The average molecular weight is 395 g/mol. The molecule has 0 unspecified atom stereocenters. The number of fused-ring (bicyclic) bond motifs is 1. The van der Waals surface area contributed by atoms with Crippen LogP contribution in [0.25, 0.3) is 16.9 Å². The third-order valence-electron chi connectivity index (χ3n) is 4.43. The summed E-state index contributed by atoms with van der Waals surface area (Å²) in [6.07, 6.45) is -0.776. The Balaban J connectivity index is 1.62. The number of aromatic nitrogens is 3. The molecule has 4 rings (SSSR count). The number of aliphatic hydroxyl groups excluding tert-OH is 1. The molecule has 0 bridgehead atoms. The summed E-state index contributed by atoms with van der Waals surface area (Å²) in [6.45, 7) is 2.17. The highest BCUT2D eigenvalue weighted by Crippen LogP contribution is 2.24. The van der Waals surface area contributed by atoms with Crippen molar-refractivity contribution in [1.29, 1.82) is 0 Å². The van der Waals surface area contributed by atoms with Crippen molar-refractivity contribution in [3.05, 3.63) is 76.9 Å². The van der Waals surface area contributed by atoms with E-state index in [1.54, 1.807) is 28.8 Å². The highest BCUT2D eigenvalue weighted by atomic mass is 35.5. The van der Waals surface area contributed by atoms with Crippen LogP contribution in [0.1, 0.15) is 17.4 Å². The van der Waals surface area contributed by atoms with E-state index in [2.05, 4.69) is 15.4 Å². The van der Waals surface area contributed by atoms with Crippen molar-refractivity contribution in [2.24, 2.45) is 0 Å². The minimum atomic E-state index is -0.776. The summed E-state index contributed by atoms with van der Waals surface area (Å²) >= 11 is 5.97. The Labute approximate surface area is 167 Å². The second kappa shape index (κ2) is 7.50. The summed E-state index contributed by atoms with van der Waals surface area (Å²) in [5.41, 5.74) is 3.91. The van der Waals surface area contributed by atoms with Crippen molar-refractivity contribution in [1.82, 2.24) is 14.6 Å². The number of nitrogens with zero attached hydrogens (tertiary/aromatic N) is 3. The van der Waals surface area contributed by atoms with Gasteiger partial charge in [0.2, 0.25) is 0 Å². The molecule has 0 aliphatic rings. The summed E-state index contributed by atoms with van der Waals surface area (Å²) in [5, 5.41) is 28.6. The first-order valence-corrected chi connectivity index (χ1v) is 9.21. The summed E-state index contributed by atoms with van der Waals surface area (Å²) in [7, 11) is 0. The van der Waals surface area contributed by atoms with E-state index in [4.69, 9.17) is 11.6 Å². The molecule has 7 heteroatoms. The van der Waals surface area contributed by atoms with Gasteiger partial charge in [-0.1, -0.05) is 35.9 Å². The summed E-state index contributed by atoms with van der Waals surface area (Å²) in [4.78, 5) is 4.54. The smallest absolute Gasteiger partial charge is 0.158 e. The molecule has 2 heterocycles. The first-order valence-electron chi connectivity index (χ1n) is 8.84. The number of hydrogen-bond acceptors (Lipinski definition) is 5. The van der Waals surface area contributed by atoms with Gasteiger partial charge in [0, 0.05) is 35.0 Å². The number of phenolic OH excluding ortho intramolecular Hbond substituents is 1. The van der Waals surface area contributed by atoms with Gasteiger partial charge in [-0.25, -0.2) is 4.98 Å². The Morgan fingerprint density at radius 1 is 1.11 bits per heavy atom. The van der Waals surface area contributed by atoms with Gasteiger partial charge in [-0.05, 0) is 36.8 Å². The maximum atomic E-state index is 10.4. The molecule has 2 aromatic carbocycles. The van der Waals surface area contributed by atoms with Crippen LogP contribution in [0.2, 0.25) is 5.02 Å². The molecule has 0 radical (unpaired) electrons. The van der Waals surface area contributed by atoms with Gasteiger partial charge < -0.3 is 15.5 Å². The van der Waals surface area contributed by atoms with Crippen LogP contribution in [0.5, 0.6) is 5.75 Å². The van der Waals surface area contributed by atoms with Gasteiger partial charge in [-0.15, -0.1) is 0 Å². The number of aliphatic hydroxyl groups is 1. The molecule has 0 spiro atoms. The summed E-state index contributed by atoms with van der Waals surface area (Å²) in [6, 6.07) is 17.8. The van der Waals surface area contributed by atoms with Crippen molar-refractivity contribution in [3.8, 4) is 17.0 Å². The molecule has 2 aromatic heterocycles. The first-order chi connectivity index (χ1) is 13.5. The minimum absolute atomic E-state index is 0.123. The Morgan fingerprint density at radius 3 is 2.64 bits per heavy atom. The van der Waals surface area contributed by atoms with Crippen LogP contribution in [-0.2, 0) is 0 Å². The molecule has 0 aliphatic heterocycles. The predicted molar refractivity (Wildman–Crippen MR) is 110 cm³/mol. The van der Waals surface area contributed by atoms with E-state index in [-0.39, 0.29) is 12.3 Å². The van der Waals surface area contributed by atoms with Gasteiger partial charge in [0.25, 0.3) is 0 Å². The second-order valence-corrected chi connectivity index (χ2v) is 7.02. The van der Waals surface area contributed by atoms with Gasteiger partial charge >= 0.3 is 0 Å². The van der Waals surface area contributed by atoms with Crippen molar-refractivity contribution in [2.45, 2.75) is 13.0 Å². The lowest BCUT2D eigenvalue weighted by Crippen LogP contribution is -2.15. The van der Waals surface area contributed by atoms with E-state index >= 15 is 0 Å². The third-order valence-corrected chi connectivity index (χ3v) is 4.68. The average Bonchev–Trinajstić information content (AvgIpc) is 3.10. The van der Waals surface area contributed by atoms with Crippen LogP contribution in [0.3, 0.4) is 0 Å². The molecule has 0 aliphatic carbocycles. The third kappa shape index (κ3) is 3.78. The minimum Gasteiger partial charge on any atom is -0.508 e. The maximum Gasteiger partial charge on any atom is 0.158 e. The molecular formula is C21H19ClN4O2. The topological polar surface area (TPSA) is 82.7 Å². The number of hydrogen-bond donors (Lipinski definition) is 3. The molecule has 4 aromatic rings. The van der Waals surface area contributed by atoms with Crippen molar-refractivity contribution in [2.75, 3.05) is 11.9 Å². The zero-order valence-corrected chi connectivity index (χ0v) is 15.9. The number of benzene rings is 2. The quantitative estimate of drug-likeness (QED) is 0.472. The fourth-order valence-corrected chi connectivity index (χ4v) is 3.16. The number of aromatic hydroxyl groups is 1. The lowest BCUT2D eigenvalue weighted by molar-refractivity contribution is 0.191. The Hall–Kier alpha value is -3.09. The van der Waals surface area contributed by atoms with Crippen LogP contribution in [0.15, 0.2) is 60.7 Å². The van der Waals surface area contributed by atoms with Crippen LogP contribution in [0, 0.1) is 6.92 Å². The first kappa shape index (κ1) is 18.3. The Bertz CT molecular complexity index is 1130. The zero-order valence-electron chi connectivity index (χ0n) is 15.2. The molecule has 0 saturated heterocycles. The van der Waals surface area contributed by atoms with Crippen molar-refractivity contribution in [3.63, 3.8) is 0 Å². The van der Waals surface area contributed by atoms with Crippen molar-refractivity contribution < 1.29 is 10.2 Å². The number of phenols is 1. The largest absolute Gasteiger partial charge is 0.508 e. The lowest BCUT2D eigenvalue weighted by Gasteiger charge is -2.14. The zero-order chi connectivity index (χ0) is 19.7. The maximum absolute atomic E-state index is 10.4. The van der Waals surface area contributed by atoms with Gasteiger partial charge in [0.05, 0.1) is 11.8 Å². The van der Waals surface area contributed by atoms with E-state index in [0.29, 0.717) is 16.2 Å². The van der Waals surface area contributed by atoms with Crippen LogP contribution in [0.4, 0.5) is 5.82 Å². The normalized spacial score (nSPS) is 12.2. The molecule has 1 atom stereocenters. The number of anilines is 1. The summed E-state index contributed by atoms with van der Waals surface area (Å²) < 4.78 is 1.71. The molecular weight excluding hydrogens is 376 g/mol. The van der Waals surface area contributed by atoms with Crippen LogP contribution < -0.4 is 5.32 Å². The lowest BCUT2D eigenvalue weighted by atomic mass is 10.1. The van der Waals surface area contributed by atoms with E-state index in [0.717, 1.165) is 22.8 Å². The van der Waals surface area contributed by atoms with E-state index in [1.165, 1.54) is 0 Å². The molecule has 142 valence electrons. The second-order valence-electron chi connectivity index (χ2n) is 6.58. The van der Waals surface area contributed by atoms with Gasteiger partial charge in [0.15, 0.2) is 5.65 Å². The van der Waals surface area contributed by atoms with Gasteiger partial charge in [-0.2, -0.15) is 9.61 Å². The monoisotopic (exact) mass is 394 g/mol. The van der Waals surface area contributed by atoms with Crippen molar-refractivity contribution >= 4 is 23.1 Å². The molecule has 0 amide bonds.